The molecular formula is C20H27N3O. The number of rotatable bonds is 4. The molecule has 3 atom stereocenters. The molecule has 0 spiro atoms. The van der Waals surface area contributed by atoms with Gasteiger partial charge in [0.15, 0.2) is 0 Å². The molecule has 1 aliphatic heterocycles. The predicted molar refractivity (Wildman–Crippen MR) is 95.0 cm³/mol. The van der Waals surface area contributed by atoms with E-state index in [1.807, 2.05) is 6.20 Å². The number of aromatic nitrogens is 2. The van der Waals surface area contributed by atoms with Gasteiger partial charge in [-0.15, -0.1) is 0 Å². The van der Waals surface area contributed by atoms with Crippen LogP contribution in [0.1, 0.15) is 49.2 Å². The maximum absolute atomic E-state index is 6.14. The van der Waals surface area contributed by atoms with Crippen LogP contribution in [0.2, 0.25) is 0 Å². The Hall–Kier alpha value is -1.65. The second-order valence-corrected chi connectivity index (χ2v) is 6.99. The number of hydrogen-bond donors (Lipinski definition) is 1. The zero-order chi connectivity index (χ0) is 16.4. The Bertz CT molecular complexity index is 681. The average molecular weight is 325 g/mol. The van der Waals surface area contributed by atoms with Crippen molar-refractivity contribution in [1.29, 1.82) is 0 Å². The lowest BCUT2D eigenvalue weighted by Crippen LogP contribution is -2.47. The number of nitrogens with zero attached hydrogens (tertiary/aromatic N) is 2. The van der Waals surface area contributed by atoms with Gasteiger partial charge in [-0.3, -0.25) is 0 Å². The highest BCUT2D eigenvalue weighted by Gasteiger charge is 2.32. The highest BCUT2D eigenvalue weighted by Crippen LogP contribution is 2.29. The van der Waals surface area contributed by atoms with Crippen molar-refractivity contribution in [1.82, 2.24) is 14.9 Å². The van der Waals surface area contributed by atoms with Crippen molar-refractivity contribution in [2.24, 2.45) is 0 Å². The predicted octanol–water partition coefficient (Wildman–Crippen LogP) is 3.27. The Morgan fingerprint density at radius 2 is 2.12 bits per heavy atom. The normalized spacial score (nSPS) is 27.0. The fourth-order valence-corrected chi connectivity index (χ4v) is 4.19. The van der Waals surface area contributed by atoms with Crippen LogP contribution >= 0.6 is 0 Å². The maximum Gasteiger partial charge on any atom is 0.139 e. The average Bonchev–Trinajstić information content (AvgIpc) is 3.11. The van der Waals surface area contributed by atoms with E-state index in [1.165, 1.54) is 30.4 Å². The van der Waals surface area contributed by atoms with Crippen molar-refractivity contribution in [3.05, 3.63) is 53.6 Å². The van der Waals surface area contributed by atoms with Gasteiger partial charge in [0, 0.05) is 37.6 Å². The van der Waals surface area contributed by atoms with Gasteiger partial charge in [-0.1, -0.05) is 24.3 Å². The van der Waals surface area contributed by atoms with Gasteiger partial charge in [0.1, 0.15) is 11.9 Å². The maximum atomic E-state index is 6.14. The summed E-state index contributed by atoms with van der Waals surface area (Å²) in [4.78, 5) is 4.59. The van der Waals surface area contributed by atoms with Gasteiger partial charge in [0.25, 0.3) is 0 Å². The van der Waals surface area contributed by atoms with Crippen LogP contribution in [0.15, 0.2) is 36.7 Å². The van der Waals surface area contributed by atoms with E-state index in [1.54, 1.807) is 0 Å². The van der Waals surface area contributed by atoms with Crippen LogP contribution in [-0.4, -0.2) is 28.2 Å². The minimum atomic E-state index is 0.0749. The molecular weight excluding hydrogens is 298 g/mol. The lowest BCUT2D eigenvalue weighted by molar-refractivity contribution is -0.0212. The van der Waals surface area contributed by atoms with Crippen LogP contribution < -0.4 is 5.32 Å². The van der Waals surface area contributed by atoms with E-state index in [4.69, 9.17) is 4.74 Å². The number of fused-ring (bicyclic) bond motifs is 1. The van der Waals surface area contributed by atoms with E-state index in [9.17, 15) is 0 Å². The molecule has 4 heteroatoms. The zero-order valence-corrected chi connectivity index (χ0v) is 14.4. The summed E-state index contributed by atoms with van der Waals surface area (Å²) >= 11 is 0. The first-order valence-corrected chi connectivity index (χ1v) is 9.30. The number of ether oxygens (including phenoxy) is 1. The van der Waals surface area contributed by atoms with E-state index >= 15 is 0 Å². The fraction of sp³-hybridized carbons (Fsp3) is 0.550. The van der Waals surface area contributed by atoms with Gasteiger partial charge in [-0.25, -0.2) is 4.98 Å². The van der Waals surface area contributed by atoms with Crippen molar-refractivity contribution in [2.75, 3.05) is 6.61 Å². The number of imidazole rings is 1. The molecule has 0 saturated carbocycles. The Labute approximate surface area is 144 Å². The van der Waals surface area contributed by atoms with Crippen molar-refractivity contribution >= 4 is 0 Å². The molecule has 4 rings (SSSR count). The van der Waals surface area contributed by atoms with Gasteiger partial charge < -0.3 is 14.6 Å². The summed E-state index contributed by atoms with van der Waals surface area (Å²) in [6.07, 6.45) is 9.83. The molecule has 1 N–H and O–H groups in total. The third kappa shape index (κ3) is 3.13. The van der Waals surface area contributed by atoms with E-state index in [-0.39, 0.29) is 6.10 Å². The Morgan fingerprint density at radius 3 is 3.00 bits per heavy atom. The smallest absolute Gasteiger partial charge is 0.139 e. The lowest BCUT2D eigenvalue weighted by Gasteiger charge is -2.36. The molecule has 2 heterocycles. The topological polar surface area (TPSA) is 39.1 Å². The molecule has 0 bridgehead atoms. The summed E-state index contributed by atoms with van der Waals surface area (Å²) < 4.78 is 8.35. The fourth-order valence-electron chi connectivity index (χ4n) is 4.19. The molecule has 128 valence electrons. The van der Waals surface area contributed by atoms with E-state index in [0.717, 1.165) is 31.8 Å². The molecule has 0 radical (unpaired) electrons. The molecule has 0 amide bonds. The SMILES string of the molecule is CCn1ccnc1[C@H]1OCCC[C@@H]1N[C@H]1CCc2ccccc2C1. The number of benzene rings is 1. The number of aryl methyl sites for hydroxylation is 2. The van der Waals surface area contributed by atoms with Crippen LogP contribution in [0.25, 0.3) is 0 Å². The highest BCUT2D eigenvalue weighted by molar-refractivity contribution is 5.30. The van der Waals surface area contributed by atoms with E-state index in [2.05, 4.69) is 52.3 Å². The largest absolute Gasteiger partial charge is 0.369 e. The number of hydrogen-bond acceptors (Lipinski definition) is 3. The first-order valence-electron chi connectivity index (χ1n) is 9.30. The van der Waals surface area contributed by atoms with Gasteiger partial charge in [-0.2, -0.15) is 0 Å². The van der Waals surface area contributed by atoms with Crippen LogP contribution in [0.5, 0.6) is 0 Å². The summed E-state index contributed by atoms with van der Waals surface area (Å²) in [5.41, 5.74) is 3.03. The third-order valence-electron chi connectivity index (χ3n) is 5.46. The lowest BCUT2D eigenvalue weighted by atomic mass is 9.87. The zero-order valence-electron chi connectivity index (χ0n) is 14.4. The standard InChI is InChI=1S/C20H27N3O/c1-2-23-12-11-21-20(23)19-18(8-5-13-24-19)22-17-10-9-15-6-3-4-7-16(15)14-17/h3-4,6-7,11-12,17-19,22H,2,5,8-10,13-14H2,1H3/t17-,18-,19-/m0/s1. The summed E-state index contributed by atoms with van der Waals surface area (Å²) in [6, 6.07) is 9.77. The summed E-state index contributed by atoms with van der Waals surface area (Å²) in [5.74, 6) is 1.07. The van der Waals surface area contributed by atoms with Crippen LogP contribution in [0.4, 0.5) is 0 Å². The molecule has 1 aromatic carbocycles. The minimum Gasteiger partial charge on any atom is -0.369 e. The summed E-state index contributed by atoms with van der Waals surface area (Å²) in [7, 11) is 0. The van der Waals surface area contributed by atoms with E-state index < -0.39 is 0 Å². The first-order chi connectivity index (χ1) is 11.8. The molecule has 1 fully saturated rings. The molecule has 2 aliphatic rings. The molecule has 1 saturated heterocycles. The summed E-state index contributed by atoms with van der Waals surface area (Å²) in [6.45, 7) is 3.94. The van der Waals surface area contributed by atoms with Crippen LogP contribution in [0.3, 0.4) is 0 Å². The van der Waals surface area contributed by atoms with Gasteiger partial charge >= 0.3 is 0 Å². The Kier molecular flexibility index (Phi) is 4.67. The second-order valence-electron chi connectivity index (χ2n) is 6.99. The molecule has 24 heavy (non-hydrogen) atoms. The molecule has 0 unspecified atom stereocenters. The van der Waals surface area contributed by atoms with Gasteiger partial charge in [0.2, 0.25) is 0 Å². The monoisotopic (exact) mass is 325 g/mol. The minimum absolute atomic E-state index is 0.0749. The van der Waals surface area contributed by atoms with Crippen LogP contribution in [0, 0.1) is 0 Å². The highest BCUT2D eigenvalue weighted by atomic mass is 16.5. The third-order valence-corrected chi connectivity index (χ3v) is 5.46. The Balaban J connectivity index is 1.48. The molecule has 4 nitrogen and oxygen atoms in total. The Morgan fingerprint density at radius 1 is 1.25 bits per heavy atom. The van der Waals surface area contributed by atoms with Crippen molar-refractivity contribution < 1.29 is 4.74 Å². The second kappa shape index (κ2) is 7.08. The number of nitrogens with one attached hydrogen (secondary N) is 1. The van der Waals surface area contributed by atoms with Crippen molar-refractivity contribution in [3.8, 4) is 0 Å². The molecule has 1 aromatic heterocycles. The van der Waals surface area contributed by atoms with Gasteiger partial charge in [-0.05, 0) is 50.2 Å². The quantitative estimate of drug-likeness (QED) is 0.938. The van der Waals surface area contributed by atoms with Gasteiger partial charge in [0.05, 0.1) is 0 Å². The van der Waals surface area contributed by atoms with Crippen molar-refractivity contribution in [2.45, 2.75) is 63.8 Å². The van der Waals surface area contributed by atoms with E-state index in [0.29, 0.717) is 12.1 Å². The molecule has 1 aliphatic carbocycles. The van der Waals surface area contributed by atoms with Crippen molar-refractivity contribution in [3.63, 3.8) is 0 Å². The summed E-state index contributed by atoms with van der Waals surface area (Å²) in [5, 5.41) is 3.91. The van der Waals surface area contributed by atoms with Crippen LogP contribution in [-0.2, 0) is 24.1 Å². The molecule has 2 aromatic rings. The first kappa shape index (κ1) is 15.9.